The summed E-state index contributed by atoms with van der Waals surface area (Å²) in [5.74, 6) is 0. The number of aromatic nitrogens is 3. The van der Waals surface area contributed by atoms with Gasteiger partial charge in [0.15, 0.2) is 0 Å². The zero-order valence-electron chi connectivity index (χ0n) is 6.15. The first kappa shape index (κ1) is 6.22. The van der Waals surface area contributed by atoms with Crippen LogP contribution in [0, 0.1) is 6.92 Å². The summed E-state index contributed by atoms with van der Waals surface area (Å²) in [5.41, 5.74) is 1.81. The molecule has 0 unspecified atom stereocenters. The summed E-state index contributed by atoms with van der Waals surface area (Å²) in [4.78, 5) is 4.10. The van der Waals surface area contributed by atoms with E-state index in [0.29, 0.717) is 0 Å². The van der Waals surface area contributed by atoms with Crippen molar-refractivity contribution in [1.29, 1.82) is 0 Å². The van der Waals surface area contributed by atoms with Crippen LogP contribution in [0.25, 0.3) is 10.9 Å². The SMILES string of the molecule is Cc1nccc2ccnnc12. The summed E-state index contributed by atoms with van der Waals surface area (Å²) >= 11 is 0. The van der Waals surface area contributed by atoms with Crippen molar-refractivity contribution < 1.29 is 0 Å². The zero-order valence-corrected chi connectivity index (χ0v) is 6.15. The molecule has 0 aromatic carbocycles. The highest BCUT2D eigenvalue weighted by atomic mass is 15.1. The maximum atomic E-state index is 4.10. The first-order valence-electron chi connectivity index (χ1n) is 3.41. The van der Waals surface area contributed by atoms with Gasteiger partial charge >= 0.3 is 0 Å². The van der Waals surface area contributed by atoms with Crippen LogP contribution < -0.4 is 0 Å². The summed E-state index contributed by atoms with van der Waals surface area (Å²) in [6, 6.07) is 3.86. The van der Waals surface area contributed by atoms with E-state index in [1.165, 1.54) is 0 Å². The average Bonchev–Trinajstić information content (AvgIpc) is 2.06. The van der Waals surface area contributed by atoms with Crippen LogP contribution in [0.1, 0.15) is 5.69 Å². The second-order valence-corrected chi connectivity index (χ2v) is 2.37. The molecule has 2 aromatic rings. The summed E-state index contributed by atoms with van der Waals surface area (Å²) in [6.45, 7) is 1.93. The minimum Gasteiger partial charge on any atom is -0.259 e. The van der Waals surface area contributed by atoms with E-state index >= 15 is 0 Å². The fraction of sp³-hybridized carbons (Fsp3) is 0.125. The lowest BCUT2D eigenvalue weighted by Gasteiger charge is -1.95. The predicted molar refractivity (Wildman–Crippen MR) is 42.1 cm³/mol. The van der Waals surface area contributed by atoms with Gasteiger partial charge in [0, 0.05) is 11.6 Å². The molecular formula is C8H7N3. The van der Waals surface area contributed by atoms with E-state index in [-0.39, 0.29) is 0 Å². The quantitative estimate of drug-likeness (QED) is 0.561. The molecule has 0 amide bonds. The first-order chi connectivity index (χ1) is 5.38. The van der Waals surface area contributed by atoms with E-state index in [4.69, 9.17) is 0 Å². The molecule has 0 aliphatic rings. The maximum Gasteiger partial charge on any atom is 0.114 e. The number of hydrogen-bond acceptors (Lipinski definition) is 3. The van der Waals surface area contributed by atoms with Gasteiger partial charge in [-0.15, -0.1) is 5.10 Å². The van der Waals surface area contributed by atoms with E-state index in [9.17, 15) is 0 Å². The van der Waals surface area contributed by atoms with Gasteiger partial charge in [-0.2, -0.15) is 5.10 Å². The lowest BCUT2D eigenvalue weighted by atomic mass is 10.2. The number of aryl methyl sites for hydroxylation is 1. The van der Waals surface area contributed by atoms with Crippen LogP contribution in [0.2, 0.25) is 0 Å². The van der Waals surface area contributed by atoms with Gasteiger partial charge < -0.3 is 0 Å². The molecule has 0 atom stereocenters. The zero-order chi connectivity index (χ0) is 7.68. The molecule has 54 valence electrons. The molecule has 0 radical (unpaired) electrons. The molecule has 11 heavy (non-hydrogen) atoms. The highest BCUT2D eigenvalue weighted by molar-refractivity contribution is 5.78. The van der Waals surface area contributed by atoms with Gasteiger partial charge in [-0.3, -0.25) is 4.98 Å². The van der Waals surface area contributed by atoms with E-state index in [0.717, 1.165) is 16.6 Å². The third-order valence-electron chi connectivity index (χ3n) is 1.62. The Morgan fingerprint density at radius 2 is 2.00 bits per heavy atom. The maximum absolute atomic E-state index is 4.10. The van der Waals surface area contributed by atoms with E-state index in [1.807, 2.05) is 19.1 Å². The Balaban J connectivity index is 2.91. The fourth-order valence-electron chi connectivity index (χ4n) is 1.05. The van der Waals surface area contributed by atoms with E-state index in [2.05, 4.69) is 15.2 Å². The monoisotopic (exact) mass is 145 g/mol. The van der Waals surface area contributed by atoms with Crippen molar-refractivity contribution in [3.05, 3.63) is 30.2 Å². The molecule has 0 saturated heterocycles. The lowest BCUT2D eigenvalue weighted by molar-refractivity contribution is 1.05. The molecular weight excluding hydrogens is 138 g/mol. The standard InChI is InChI=1S/C8H7N3/c1-6-8-7(2-4-9-6)3-5-10-11-8/h2-5H,1H3. The topological polar surface area (TPSA) is 38.7 Å². The van der Waals surface area contributed by atoms with Crippen LogP contribution in [0.15, 0.2) is 24.5 Å². The number of pyridine rings is 1. The summed E-state index contributed by atoms with van der Waals surface area (Å²) in [6.07, 6.45) is 3.46. The van der Waals surface area contributed by atoms with Gasteiger partial charge in [-0.25, -0.2) is 0 Å². The molecule has 0 N–H and O–H groups in total. The van der Waals surface area contributed by atoms with Gasteiger partial charge in [0.05, 0.1) is 11.9 Å². The average molecular weight is 145 g/mol. The Kier molecular flexibility index (Phi) is 1.28. The fourth-order valence-corrected chi connectivity index (χ4v) is 1.05. The van der Waals surface area contributed by atoms with Crippen LogP contribution in [-0.2, 0) is 0 Å². The van der Waals surface area contributed by atoms with Gasteiger partial charge in [-0.1, -0.05) is 0 Å². The van der Waals surface area contributed by atoms with Gasteiger partial charge in [0.25, 0.3) is 0 Å². The highest BCUT2D eigenvalue weighted by Gasteiger charge is 1.96. The molecule has 0 aliphatic carbocycles. The smallest absolute Gasteiger partial charge is 0.114 e. The van der Waals surface area contributed by atoms with Crippen molar-refractivity contribution in [1.82, 2.24) is 15.2 Å². The molecule has 2 heterocycles. The van der Waals surface area contributed by atoms with Crippen LogP contribution in [0.5, 0.6) is 0 Å². The number of fused-ring (bicyclic) bond motifs is 1. The lowest BCUT2D eigenvalue weighted by Crippen LogP contribution is -1.87. The van der Waals surface area contributed by atoms with Crippen molar-refractivity contribution in [3.8, 4) is 0 Å². The first-order valence-corrected chi connectivity index (χ1v) is 3.41. The van der Waals surface area contributed by atoms with Gasteiger partial charge in [-0.05, 0) is 19.1 Å². The second kappa shape index (κ2) is 2.27. The molecule has 0 saturated carbocycles. The molecule has 0 spiro atoms. The Hall–Kier alpha value is -1.51. The molecule has 3 heteroatoms. The number of rotatable bonds is 0. The largest absolute Gasteiger partial charge is 0.259 e. The van der Waals surface area contributed by atoms with Crippen LogP contribution in [-0.4, -0.2) is 15.2 Å². The summed E-state index contributed by atoms with van der Waals surface area (Å²) in [7, 11) is 0. The number of nitrogens with zero attached hydrogens (tertiary/aromatic N) is 3. The minimum atomic E-state index is 0.884. The molecule has 0 aliphatic heterocycles. The Labute approximate surface area is 64.1 Å². The third kappa shape index (κ3) is 0.941. The van der Waals surface area contributed by atoms with Crippen LogP contribution >= 0.6 is 0 Å². The van der Waals surface area contributed by atoms with E-state index < -0.39 is 0 Å². The number of hydrogen-bond donors (Lipinski definition) is 0. The Morgan fingerprint density at radius 1 is 1.18 bits per heavy atom. The molecule has 3 nitrogen and oxygen atoms in total. The molecule has 0 bridgehead atoms. The van der Waals surface area contributed by atoms with Crippen molar-refractivity contribution in [2.24, 2.45) is 0 Å². The van der Waals surface area contributed by atoms with Crippen molar-refractivity contribution >= 4 is 10.9 Å². The van der Waals surface area contributed by atoms with Gasteiger partial charge in [0.1, 0.15) is 5.52 Å². The Bertz CT molecular complexity index is 378. The van der Waals surface area contributed by atoms with Crippen molar-refractivity contribution in [3.63, 3.8) is 0 Å². The van der Waals surface area contributed by atoms with Crippen LogP contribution in [0.3, 0.4) is 0 Å². The van der Waals surface area contributed by atoms with Crippen LogP contribution in [0.4, 0.5) is 0 Å². The highest BCUT2D eigenvalue weighted by Crippen LogP contribution is 2.10. The van der Waals surface area contributed by atoms with E-state index in [1.54, 1.807) is 12.4 Å². The predicted octanol–water partition coefficient (Wildman–Crippen LogP) is 1.33. The third-order valence-corrected chi connectivity index (χ3v) is 1.62. The summed E-state index contributed by atoms with van der Waals surface area (Å²) < 4.78 is 0. The molecule has 2 aromatic heterocycles. The Morgan fingerprint density at radius 3 is 2.82 bits per heavy atom. The van der Waals surface area contributed by atoms with Crippen molar-refractivity contribution in [2.75, 3.05) is 0 Å². The van der Waals surface area contributed by atoms with Crippen molar-refractivity contribution in [2.45, 2.75) is 6.92 Å². The summed E-state index contributed by atoms with van der Waals surface area (Å²) in [5, 5.41) is 8.84. The second-order valence-electron chi connectivity index (χ2n) is 2.37. The van der Waals surface area contributed by atoms with Gasteiger partial charge in [0.2, 0.25) is 0 Å². The molecule has 0 fully saturated rings. The minimum absolute atomic E-state index is 0.884. The molecule has 2 rings (SSSR count). The normalized spacial score (nSPS) is 10.3.